The highest BCUT2D eigenvalue weighted by Gasteiger charge is 2.65. The molecular weight excluding hydrogens is 302 g/mol. The Kier molecular flexibility index (Phi) is 4.43. The molecule has 0 bridgehead atoms. The number of hydrogen-bond acceptors (Lipinski definition) is 4. The molecule has 2 saturated heterocycles. The molecule has 0 N–H and O–H groups in total. The van der Waals surface area contributed by atoms with E-state index in [2.05, 4.69) is 83.1 Å². The van der Waals surface area contributed by atoms with E-state index >= 15 is 0 Å². The molecule has 0 unspecified atom stereocenters. The second kappa shape index (κ2) is 5.25. The fourth-order valence-corrected chi connectivity index (χ4v) is 3.47. The Morgan fingerprint density at radius 2 is 0.542 bits per heavy atom. The highest BCUT2D eigenvalue weighted by atomic mass is 16.7. The van der Waals surface area contributed by atoms with E-state index < -0.39 is 14.0 Å². The van der Waals surface area contributed by atoms with Gasteiger partial charge in [-0.05, 0) is 55.4 Å². The maximum Gasteiger partial charge on any atom is 0.488 e. The normalized spacial score (nSPS) is 32.5. The van der Waals surface area contributed by atoms with E-state index in [0.29, 0.717) is 0 Å². The van der Waals surface area contributed by atoms with Crippen LogP contribution >= 0.6 is 0 Å². The largest absolute Gasteiger partial charge is 0.488 e. The van der Waals surface area contributed by atoms with Gasteiger partial charge in [-0.2, -0.15) is 0 Å². The second-order valence-corrected chi connectivity index (χ2v) is 10.5. The van der Waals surface area contributed by atoms with Crippen molar-refractivity contribution in [3.63, 3.8) is 0 Å². The van der Waals surface area contributed by atoms with Crippen LogP contribution in [-0.2, 0) is 18.6 Å². The molecule has 138 valence electrons. The van der Waals surface area contributed by atoms with E-state index in [-0.39, 0.29) is 33.2 Å². The van der Waals surface area contributed by atoms with Gasteiger partial charge in [-0.3, -0.25) is 0 Å². The minimum absolute atomic E-state index is 0.157. The summed E-state index contributed by atoms with van der Waals surface area (Å²) in [5, 5.41) is 0. The molecule has 2 heterocycles. The molecule has 0 aliphatic carbocycles. The monoisotopic (exact) mass is 338 g/mol. The van der Waals surface area contributed by atoms with Gasteiger partial charge >= 0.3 is 14.0 Å². The molecule has 0 amide bonds. The van der Waals surface area contributed by atoms with Crippen LogP contribution in [0.25, 0.3) is 0 Å². The van der Waals surface area contributed by atoms with Crippen LogP contribution in [0.3, 0.4) is 0 Å². The van der Waals surface area contributed by atoms with E-state index in [0.717, 1.165) is 0 Å². The number of hydrogen-bond donors (Lipinski definition) is 0. The summed E-state index contributed by atoms with van der Waals surface area (Å²) in [6, 6.07) is 0. The molecule has 4 nitrogen and oxygen atoms in total. The summed E-state index contributed by atoms with van der Waals surface area (Å²) in [5.74, 6) is 0. The smallest absolute Gasteiger partial charge is 0.408 e. The molecule has 0 aromatic carbocycles. The third-order valence-electron chi connectivity index (χ3n) is 7.89. The van der Waals surface area contributed by atoms with Gasteiger partial charge < -0.3 is 18.6 Å². The molecule has 2 aliphatic heterocycles. The molecule has 2 aliphatic rings. The second-order valence-electron chi connectivity index (χ2n) is 10.5. The van der Waals surface area contributed by atoms with Gasteiger partial charge in [-0.25, -0.2) is 0 Å². The summed E-state index contributed by atoms with van der Waals surface area (Å²) in [4.78, 5) is 0. The zero-order valence-electron chi connectivity index (χ0n) is 17.8. The molecule has 2 fully saturated rings. The van der Waals surface area contributed by atoms with Gasteiger partial charge in [0.2, 0.25) is 0 Å². The quantitative estimate of drug-likeness (QED) is 0.668. The summed E-state index contributed by atoms with van der Waals surface area (Å²) in [7, 11) is -1.12. The van der Waals surface area contributed by atoms with E-state index in [1.165, 1.54) is 0 Å². The topological polar surface area (TPSA) is 36.9 Å². The summed E-state index contributed by atoms with van der Waals surface area (Å²) < 4.78 is 25.4. The van der Waals surface area contributed by atoms with Crippen LogP contribution in [0.1, 0.15) is 83.1 Å². The lowest BCUT2D eigenvalue weighted by Crippen LogP contribution is -2.73. The minimum atomic E-state index is -0.558. The highest BCUT2D eigenvalue weighted by Crippen LogP contribution is 2.52. The van der Waals surface area contributed by atoms with E-state index in [1.54, 1.807) is 0 Å². The fraction of sp³-hybridized carbons (Fsp3) is 1.00. The first kappa shape index (κ1) is 20.3. The predicted molar refractivity (Wildman–Crippen MR) is 99.7 cm³/mol. The molecule has 0 aromatic rings. The van der Waals surface area contributed by atoms with Gasteiger partial charge in [0.1, 0.15) is 0 Å². The number of rotatable bonds is 1. The van der Waals surface area contributed by atoms with Crippen molar-refractivity contribution < 1.29 is 18.6 Å². The van der Waals surface area contributed by atoms with Gasteiger partial charge in [-0.15, -0.1) is 0 Å². The minimum Gasteiger partial charge on any atom is -0.408 e. The standard InChI is InChI=1S/C18H36B2O4/c1-13(2)15(5,6)21-19(22-16(13,7)8)20-23-17(9,10)14(3,4)18(11,12)24-20/h1-12H3. The summed E-state index contributed by atoms with van der Waals surface area (Å²) >= 11 is 0. The van der Waals surface area contributed by atoms with Crippen LogP contribution in [0.2, 0.25) is 0 Å². The van der Waals surface area contributed by atoms with Gasteiger partial charge in [-0.1, -0.05) is 27.7 Å². The fourth-order valence-electron chi connectivity index (χ4n) is 3.47. The molecule has 6 heteroatoms. The van der Waals surface area contributed by atoms with Gasteiger partial charge in [0.15, 0.2) is 0 Å². The van der Waals surface area contributed by atoms with Gasteiger partial charge in [0.05, 0.1) is 22.4 Å². The average molecular weight is 338 g/mol. The molecule has 24 heavy (non-hydrogen) atoms. The molecule has 0 spiro atoms. The Bertz CT molecular complexity index is 423. The summed E-state index contributed by atoms with van der Waals surface area (Å²) in [6.45, 7) is 25.7. The van der Waals surface area contributed by atoms with Crippen molar-refractivity contribution in [2.75, 3.05) is 0 Å². The molecule has 0 saturated carbocycles. The maximum absolute atomic E-state index is 6.35. The van der Waals surface area contributed by atoms with Crippen molar-refractivity contribution in [2.24, 2.45) is 10.8 Å². The lowest BCUT2D eigenvalue weighted by atomic mass is 9.43. The van der Waals surface area contributed by atoms with Crippen LogP contribution in [-0.4, -0.2) is 36.4 Å². The third kappa shape index (κ3) is 2.69. The van der Waals surface area contributed by atoms with E-state index in [4.69, 9.17) is 18.6 Å². The van der Waals surface area contributed by atoms with Crippen LogP contribution in [0.15, 0.2) is 0 Å². The zero-order valence-corrected chi connectivity index (χ0v) is 17.8. The Labute approximate surface area is 149 Å². The van der Waals surface area contributed by atoms with Crippen molar-refractivity contribution in [3.8, 4) is 0 Å². The molecule has 2 rings (SSSR count). The van der Waals surface area contributed by atoms with Crippen LogP contribution in [0.5, 0.6) is 0 Å². The van der Waals surface area contributed by atoms with Crippen LogP contribution < -0.4 is 0 Å². The van der Waals surface area contributed by atoms with Crippen molar-refractivity contribution in [1.82, 2.24) is 0 Å². The summed E-state index contributed by atoms with van der Waals surface area (Å²) in [6.07, 6.45) is 0. The Balaban J connectivity index is 2.34. The highest BCUT2D eigenvalue weighted by molar-refractivity contribution is 7.10. The van der Waals surface area contributed by atoms with Gasteiger partial charge in [0, 0.05) is 10.8 Å². The SMILES string of the molecule is CC1(C)OB(B2OC(C)(C)C(C)(C)C(C)(C)O2)OC(C)(C)C1(C)C. The van der Waals surface area contributed by atoms with Crippen molar-refractivity contribution >= 4 is 14.0 Å². The molecule has 0 atom stereocenters. The first-order chi connectivity index (χ1) is 10.4. The van der Waals surface area contributed by atoms with Gasteiger partial charge in [0.25, 0.3) is 0 Å². The van der Waals surface area contributed by atoms with Crippen LogP contribution in [0.4, 0.5) is 0 Å². The average Bonchev–Trinajstić information content (AvgIpc) is 2.32. The van der Waals surface area contributed by atoms with Crippen molar-refractivity contribution in [3.05, 3.63) is 0 Å². The Morgan fingerprint density at radius 1 is 0.375 bits per heavy atom. The Hall–Kier alpha value is -0.0301. The lowest BCUT2D eigenvalue weighted by Gasteiger charge is -2.61. The van der Waals surface area contributed by atoms with Crippen LogP contribution in [0, 0.1) is 10.8 Å². The molecule has 0 radical (unpaired) electrons. The first-order valence-electron chi connectivity index (χ1n) is 9.09. The first-order valence-corrected chi connectivity index (χ1v) is 9.09. The maximum atomic E-state index is 6.35. The summed E-state index contributed by atoms with van der Waals surface area (Å²) in [5.41, 5.74) is -1.79. The third-order valence-corrected chi connectivity index (χ3v) is 7.89. The molecule has 0 aromatic heterocycles. The molecular formula is C18H36B2O4. The van der Waals surface area contributed by atoms with E-state index in [9.17, 15) is 0 Å². The van der Waals surface area contributed by atoms with E-state index in [1.807, 2.05) is 0 Å². The van der Waals surface area contributed by atoms with Crippen molar-refractivity contribution in [1.29, 1.82) is 0 Å². The lowest BCUT2D eigenvalue weighted by molar-refractivity contribution is -0.199. The van der Waals surface area contributed by atoms with Crippen molar-refractivity contribution in [2.45, 2.75) is 105 Å². The zero-order chi connectivity index (χ0) is 19.0. The Morgan fingerprint density at radius 3 is 0.708 bits per heavy atom. The predicted octanol–water partition coefficient (Wildman–Crippen LogP) is 4.30.